The van der Waals surface area contributed by atoms with Crippen LogP contribution in [0, 0.1) is 0 Å². The number of fused-ring (bicyclic) bond motifs is 1. The maximum absolute atomic E-state index is 12.2. The van der Waals surface area contributed by atoms with Gasteiger partial charge in [0.25, 0.3) is 0 Å². The molecule has 0 spiro atoms. The first-order valence-corrected chi connectivity index (χ1v) is 11.4. The van der Waals surface area contributed by atoms with Gasteiger partial charge in [0.1, 0.15) is 5.65 Å². The number of aromatic nitrogens is 2. The molecule has 2 heterocycles. The van der Waals surface area contributed by atoms with Crippen molar-refractivity contribution in [2.75, 3.05) is 6.54 Å². The zero-order valence-electron chi connectivity index (χ0n) is 17.4. The fraction of sp³-hybridized carbons (Fsp3) is 0.333. The van der Waals surface area contributed by atoms with E-state index in [1.807, 2.05) is 6.07 Å². The zero-order chi connectivity index (χ0) is 24.4. The molecule has 33 heavy (non-hydrogen) atoms. The number of halogens is 3. The van der Waals surface area contributed by atoms with Crippen LogP contribution in [-0.4, -0.2) is 53.4 Å². The minimum absolute atomic E-state index is 0.0116. The third-order valence-corrected chi connectivity index (χ3v) is 6.30. The van der Waals surface area contributed by atoms with E-state index in [9.17, 15) is 26.7 Å². The first kappa shape index (κ1) is 24.7. The number of carboxylic acids is 1. The van der Waals surface area contributed by atoms with E-state index in [2.05, 4.69) is 20.8 Å². The number of pyridine rings is 1. The Morgan fingerprint density at radius 1 is 1.24 bits per heavy atom. The summed E-state index contributed by atoms with van der Waals surface area (Å²) >= 11 is 0. The van der Waals surface area contributed by atoms with Gasteiger partial charge in [0.15, 0.2) is 0 Å². The van der Waals surface area contributed by atoms with E-state index in [0.717, 1.165) is 22.2 Å². The number of carboxylic acid groups (broad SMARTS) is 1. The van der Waals surface area contributed by atoms with Gasteiger partial charge in [-0.05, 0) is 61.1 Å². The molecule has 2 aromatic heterocycles. The third-order valence-electron chi connectivity index (χ3n) is 4.86. The fourth-order valence-electron chi connectivity index (χ4n) is 3.04. The van der Waals surface area contributed by atoms with Gasteiger partial charge in [0, 0.05) is 23.8 Å². The van der Waals surface area contributed by atoms with Crippen molar-refractivity contribution >= 4 is 27.0 Å². The standard InChI is InChI=1S/C19H21N3O3S.C2HF3O2/c1-12(23)11-21-26(24,25)15-6-4-13(5-7-15)16-8-9-20-19-17(16)10-18(22-19)14-2-3-14;3-2(4,5)1(6)7/h4-10,12,14,21,23H,2-3,11H2,1H3,(H,20,22);(H,6,7)/t12-;/m0./s1. The number of sulfonamides is 1. The van der Waals surface area contributed by atoms with Gasteiger partial charge in [-0.25, -0.2) is 22.9 Å². The molecule has 0 unspecified atom stereocenters. The second-order valence-electron chi connectivity index (χ2n) is 7.65. The molecule has 0 amide bonds. The second kappa shape index (κ2) is 9.49. The number of rotatable bonds is 6. The lowest BCUT2D eigenvalue weighted by Gasteiger charge is -2.09. The first-order chi connectivity index (χ1) is 15.4. The number of aliphatic hydroxyl groups is 1. The second-order valence-corrected chi connectivity index (χ2v) is 9.41. The number of aliphatic hydroxyl groups excluding tert-OH is 1. The largest absolute Gasteiger partial charge is 0.490 e. The Labute approximate surface area is 187 Å². The highest BCUT2D eigenvalue weighted by molar-refractivity contribution is 7.89. The molecule has 0 bridgehead atoms. The normalized spacial score (nSPS) is 15.1. The van der Waals surface area contributed by atoms with Gasteiger partial charge in [0.05, 0.1) is 11.0 Å². The van der Waals surface area contributed by atoms with Crippen LogP contribution in [0.2, 0.25) is 0 Å². The third kappa shape index (κ3) is 6.30. The molecule has 1 aliphatic carbocycles. The van der Waals surface area contributed by atoms with Gasteiger partial charge in [-0.2, -0.15) is 13.2 Å². The summed E-state index contributed by atoms with van der Waals surface area (Å²) in [6.45, 7) is 1.52. The van der Waals surface area contributed by atoms with Crippen molar-refractivity contribution in [3.05, 3.63) is 48.3 Å². The Kier molecular flexibility index (Phi) is 7.10. The Hall–Kier alpha value is -2.96. The number of nitrogens with zero attached hydrogens (tertiary/aromatic N) is 1. The van der Waals surface area contributed by atoms with E-state index in [1.165, 1.54) is 25.5 Å². The summed E-state index contributed by atoms with van der Waals surface area (Å²) in [7, 11) is -3.62. The highest BCUT2D eigenvalue weighted by Crippen LogP contribution is 2.41. The summed E-state index contributed by atoms with van der Waals surface area (Å²) in [6.07, 6.45) is -1.62. The Bertz CT molecular complexity index is 1230. The van der Waals surface area contributed by atoms with Crippen molar-refractivity contribution < 1.29 is 36.6 Å². The first-order valence-electron chi connectivity index (χ1n) is 9.94. The molecule has 4 N–H and O–H groups in total. The lowest BCUT2D eigenvalue weighted by Crippen LogP contribution is -2.30. The molecule has 3 aromatic rings. The molecular formula is C21H22F3N3O5S. The summed E-state index contributed by atoms with van der Waals surface area (Å²) in [6, 6.07) is 10.9. The van der Waals surface area contributed by atoms with E-state index in [1.54, 1.807) is 30.5 Å². The van der Waals surface area contributed by atoms with Crippen molar-refractivity contribution in [3.8, 4) is 11.1 Å². The number of hydrogen-bond acceptors (Lipinski definition) is 5. The van der Waals surface area contributed by atoms with E-state index < -0.39 is 28.3 Å². The summed E-state index contributed by atoms with van der Waals surface area (Å²) in [5, 5.41) is 17.4. The molecule has 178 valence electrons. The molecular weight excluding hydrogens is 463 g/mol. The molecule has 1 aromatic carbocycles. The van der Waals surface area contributed by atoms with Crippen molar-refractivity contribution in [2.45, 2.75) is 42.9 Å². The average molecular weight is 485 g/mol. The summed E-state index contributed by atoms with van der Waals surface area (Å²) < 4.78 is 58.6. The Morgan fingerprint density at radius 3 is 2.36 bits per heavy atom. The van der Waals surface area contributed by atoms with E-state index in [0.29, 0.717) is 5.92 Å². The summed E-state index contributed by atoms with van der Waals surface area (Å²) in [4.78, 5) is 16.9. The molecule has 0 aliphatic heterocycles. The van der Waals surface area contributed by atoms with Gasteiger partial charge in [-0.3, -0.25) is 0 Å². The number of carbonyl (C=O) groups is 1. The number of alkyl halides is 3. The number of aromatic amines is 1. The van der Waals surface area contributed by atoms with Crippen LogP contribution < -0.4 is 4.72 Å². The molecule has 1 fully saturated rings. The molecule has 1 saturated carbocycles. The van der Waals surface area contributed by atoms with E-state index in [-0.39, 0.29) is 11.4 Å². The molecule has 1 atom stereocenters. The molecule has 0 saturated heterocycles. The lowest BCUT2D eigenvalue weighted by atomic mass is 10.0. The van der Waals surface area contributed by atoms with Crippen molar-refractivity contribution in [2.24, 2.45) is 0 Å². The number of aliphatic carboxylic acids is 1. The monoisotopic (exact) mass is 485 g/mol. The number of hydrogen-bond donors (Lipinski definition) is 4. The SMILES string of the molecule is C[C@H](O)CNS(=O)(=O)c1ccc(-c2ccnc3[nH]c(C4CC4)cc23)cc1.O=C(O)C(F)(F)F. The van der Waals surface area contributed by atoms with Crippen LogP contribution in [0.15, 0.2) is 47.5 Å². The van der Waals surface area contributed by atoms with E-state index >= 15 is 0 Å². The molecule has 12 heteroatoms. The minimum Gasteiger partial charge on any atom is -0.475 e. The molecule has 0 radical (unpaired) electrons. The molecule has 8 nitrogen and oxygen atoms in total. The minimum atomic E-state index is -5.08. The highest BCUT2D eigenvalue weighted by atomic mass is 32.2. The fourth-order valence-corrected chi connectivity index (χ4v) is 4.16. The van der Waals surface area contributed by atoms with Crippen LogP contribution in [-0.2, 0) is 14.8 Å². The maximum atomic E-state index is 12.2. The predicted octanol–water partition coefficient (Wildman–Crippen LogP) is 3.40. The highest BCUT2D eigenvalue weighted by Gasteiger charge is 2.38. The van der Waals surface area contributed by atoms with Crippen LogP contribution in [0.1, 0.15) is 31.4 Å². The molecule has 1 aliphatic rings. The number of benzene rings is 1. The van der Waals surface area contributed by atoms with Gasteiger partial charge >= 0.3 is 12.1 Å². The van der Waals surface area contributed by atoms with Crippen molar-refractivity contribution in [1.29, 1.82) is 0 Å². The smallest absolute Gasteiger partial charge is 0.475 e. The zero-order valence-corrected chi connectivity index (χ0v) is 18.2. The number of H-pyrrole nitrogens is 1. The van der Waals surface area contributed by atoms with Gasteiger partial charge < -0.3 is 15.2 Å². The molecule has 4 rings (SSSR count). The van der Waals surface area contributed by atoms with Crippen LogP contribution in [0.3, 0.4) is 0 Å². The average Bonchev–Trinajstić information content (AvgIpc) is 3.50. The van der Waals surface area contributed by atoms with Crippen LogP contribution in [0.25, 0.3) is 22.2 Å². The Morgan fingerprint density at radius 2 is 1.85 bits per heavy atom. The van der Waals surface area contributed by atoms with Crippen molar-refractivity contribution in [3.63, 3.8) is 0 Å². The van der Waals surface area contributed by atoms with Crippen LogP contribution in [0.5, 0.6) is 0 Å². The van der Waals surface area contributed by atoms with Gasteiger partial charge in [0.2, 0.25) is 10.0 Å². The lowest BCUT2D eigenvalue weighted by molar-refractivity contribution is -0.192. The van der Waals surface area contributed by atoms with E-state index in [4.69, 9.17) is 9.90 Å². The quantitative estimate of drug-likeness (QED) is 0.423. The summed E-state index contributed by atoms with van der Waals surface area (Å²) in [5.74, 6) is -2.14. The number of nitrogens with one attached hydrogen (secondary N) is 2. The Balaban J connectivity index is 0.000000383. The van der Waals surface area contributed by atoms with Gasteiger partial charge in [-0.1, -0.05) is 12.1 Å². The summed E-state index contributed by atoms with van der Waals surface area (Å²) in [5.41, 5.74) is 4.05. The van der Waals surface area contributed by atoms with Gasteiger partial charge in [-0.15, -0.1) is 0 Å². The van der Waals surface area contributed by atoms with Crippen LogP contribution >= 0.6 is 0 Å². The predicted molar refractivity (Wildman–Crippen MR) is 114 cm³/mol. The van der Waals surface area contributed by atoms with Crippen LogP contribution in [0.4, 0.5) is 13.2 Å². The van der Waals surface area contributed by atoms with Crippen molar-refractivity contribution in [1.82, 2.24) is 14.7 Å². The maximum Gasteiger partial charge on any atom is 0.490 e. The topological polar surface area (TPSA) is 132 Å².